The molecule has 0 aliphatic rings. The summed E-state index contributed by atoms with van der Waals surface area (Å²) >= 11 is 0. The van der Waals surface area contributed by atoms with E-state index in [0.29, 0.717) is 24.5 Å². The molecule has 2 aromatic heterocycles. The third kappa shape index (κ3) is 2.55. The van der Waals surface area contributed by atoms with Gasteiger partial charge in [0.05, 0.1) is 5.69 Å². The fourth-order valence-corrected chi connectivity index (χ4v) is 1.49. The third-order valence-electron chi connectivity index (χ3n) is 2.49. The van der Waals surface area contributed by atoms with Crippen LogP contribution < -0.4 is 11.1 Å². The van der Waals surface area contributed by atoms with Crippen molar-refractivity contribution < 1.29 is 0 Å². The summed E-state index contributed by atoms with van der Waals surface area (Å²) in [6.07, 6.45) is 2.03. The molecule has 0 saturated heterocycles. The van der Waals surface area contributed by atoms with Crippen LogP contribution in [0.25, 0.3) is 0 Å². The Labute approximate surface area is 99.4 Å². The molecular formula is C10H17N7. The second kappa shape index (κ2) is 4.44. The van der Waals surface area contributed by atoms with Gasteiger partial charge in [0.25, 0.3) is 0 Å². The molecule has 0 unspecified atom stereocenters. The molecule has 0 atom stereocenters. The molecule has 0 saturated carbocycles. The van der Waals surface area contributed by atoms with E-state index in [2.05, 4.69) is 39.4 Å². The summed E-state index contributed by atoms with van der Waals surface area (Å²) in [6.45, 7) is 6.82. The van der Waals surface area contributed by atoms with Crippen LogP contribution in [0.15, 0.2) is 6.20 Å². The second-order valence-electron chi connectivity index (χ2n) is 4.21. The van der Waals surface area contributed by atoms with E-state index in [9.17, 15) is 0 Å². The summed E-state index contributed by atoms with van der Waals surface area (Å²) in [4.78, 5) is 3.97. The van der Waals surface area contributed by atoms with E-state index < -0.39 is 0 Å². The molecule has 0 aromatic carbocycles. The van der Waals surface area contributed by atoms with Gasteiger partial charge in [0.1, 0.15) is 0 Å². The molecule has 0 fully saturated rings. The summed E-state index contributed by atoms with van der Waals surface area (Å²) in [7, 11) is 0. The van der Waals surface area contributed by atoms with Crippen molar-refractivity contribution in [2.24, 2.45) is 0 Å². The number of aromatic amines is 1. The van der Waals surface area contributed by atoms with Crippen LogP contribution in [-0.2, 0) is 6.54 Å². The number of nitrogens with zero attached hydrogens (tertiary/aromatic N) is 4. The maximum Gasteiger partial charge on any atom is 0.243 e. The van der Waals surface area contributed by atoms with Crippen molar-refractivity contribution in [1.29, 1.82) is 0 Å². The van der Waals surface area contributed by atoms with Gasteiger partial charge < -0.3 is 11.1 Å². The summed E-state index contributed by atoms with van der Waals surface area (Å²) < 4.78 is 1.94. The van der Waals surface area contributed by atoms with Gasteiger partial charge in [-0.2, -0.15) is 10.1 Å². The lowest BCUT2D eigenvalue weighted by Crippen LogP contribution is -2.02. The molecule has 0 aliphatic heterocycles. The van der Waals surface area contributed by atoms with Crippen molar-refractivity contribution in [3.05, 3.63) is 17.5 Å². The van der Waals surface area contributed by atoms with Crippen LogP contribution in [0, 0.1) is 6.92 Å². The zero-order valence-electron chi connectivity index (χ0n) is 10.2. The minimum absolute atomic E-state index is 0.307. The molecule has 2 rings (SSSR count). The third-order valence-corrected chi connectivity index (χ3v) is 2.49. The zero-order chi connectivity index (χ0) is 12.4. The molecule has 0 radical (unpaired) electrons. The minimum atomic E-state index is 0.307. The van der Waals surface area contributed by atoms with Crippen molar-refractivity contribution in [2.45, 2.75) is 33.4 Å². The summed E-state index contributed by atoms with van der Waals surface area (Å²) in [5.41, 5.74) is 7.57. The van der Waals surface area contributed by atoms with Crippen LogP contribution in [0.1, 0.15) is 31.1 Å². The molecule has 17 heavy (non-hydrogen) atoms. The average molecular weight is 235 g/mol. The number of hydrogen-bond acceptors (Lipinski definition) is 5. The lowest BCUT2D eigenvalue weighted by atomic mass is 10.2. The highest BCUT2D eigenvalue weighted by Gasteiger charge is 2.07. The van der Waals surface area contributed by atoms with Gasteiger partial charge in [0.2, 0.25) is 11.9 Å². The summed E-state index contributed by atoms with van der Waals surface area (Å²) in [6, 6.07) is 0.363. The first-order valence-electron chi connectivity index (χ1n) is 5.52. The SMILES string of the molecule is Cc1nn(C(C)C)cc1CNc1n[nH]c(N)n1. The summed E-state index contributed by atoms with van der Waals surface area (Å²) in [5.74, 6) is 0.807. The fourth-order valence-electron chi connectivity index (χ4n) is 1.49. The van der Waals surface area contributed by atoms with Crippen LogP contribution in [0.2, 0.25) is 0 Å². The van der Waals surface area contributed by atoms with E-state index >= 15 is 0 Å². The van der Waals surface area contributed by atoms with Gasteiger partial charge in [-0.1, -0.05) is 0 Å². The van der Waals surface area contributed by atoms with Crippen LogP contribution in [0.5, 0.6) is 0 Å². The lowest BCUT2D eigenvalue weighted by molar-refractivity contribution is 0.529. The van der Waals surface area contributed by atoms with E-state index in [0.717, 1.165) is 11.3 Å². The Morgan fingerprint density at radius 2 is 2.29 bits per heavy atom. The van der Waals surface area contributed by atoms with Crippen molar-refractivity contribution in [2.75, 3.05) is 11.1 Å². The summed E-state index contributed by atoms with van der Waals surface area (Å²) in [5, 5.41) is 14.0. The molecule has 7 heteroatoms. The molecule has 7 nitrogen and oxygen atoms in total. The average Bonchev–Trinajstić information content (AvgIpc) is 2.82. The van der Waals surface area contributed by atoms with E-state index in [1.54, 1.807) is 0 Å². The van der Waals surface area contributed by atoms with Gasteiger partial charge >= 0.3 is 0 Å². The van der Waals surface area contributed by atoms with Crippen molar-refractivity contribution in [3.63, 3.8) is 0 Å². The number of H-pyrrole nitrogens is 1. The maximum absolute atomic E-state index is 5.44. The first kappa shape index (κ1) is 11.4. The lowest BCUT2D eigenvalue weighted by Gasteiger charge is -2.03. The van der Waals surface area contributed by atoms with Gasteiger partial charge in [-0.3, -0.25) is 4.68 Å². The molecular weight excluding hydrogens is 218 g/mol. The van der Waals surface area contributed by atoms with Crippen molar-refractivity contribution >= 4 is 11.9 Å². The number of nitrogen functional groups attached to an aromatic ring is 1. The van der Waals surface area contributed by atoms with Gasteiger partial charge in [0.15, 0.2) is 0 Å². The highest BCUT2D eigenvalue weighted by Crippen LogP contribution is 2.12. The molecule has 2 aromatic rings. The normalized spacial score (nSPS) is 11.1. The highest BCUT2D eigenvalue weighted by molar-refractivity contribution is 5.31. The van der Waals surface area contributed by atoms with E-state index in [1.807, 2.05) is 17.8 Å². The Morgan fingerprint density at radius 1 is 1.53 bits per heavy atom. The maximum atomic E-state index is 5.44. The highest BCUT2D eigenvalue weighted by atomic mass is 15.3. The number of rotatable bonds is 4. The smallest absolute Gasteiger partial charge is 0.243 e. The predicted octanol–water partition coefficient (Wildman–Crippen LogP) is 1.08. The Hall–Kier alpha value is -2.05. The van der Waals surface area contributed by atoms with Gasteiger partial charge in [-0.25, -0.2) is 5.10 Å². The zero-order valence-corrected chi connectivity index (χ0v) is 10.2. The first-order valence-corrected chi connectivity index (χ1v) is 5.52. The monoisotopic (exact) mass is 235 g/mol. The topological polar surface area (TPSA) is 97.4 Å². The Morgan fingerprint density at radius 3 is 2.82 bits per heavy atom. The number of hydrogen-bond donors (Lipinski definition) is 3. The van der Waals surface area contributed by atoms with E-state index in [4.69, 9.17) is 5.73 Å². The molecule has 92 valence electrons. The van der Waals surface area contributed by atoms with Crippen molar-refractivity contribution in [3.8, 4) is 0 Å². The number of nitrogens with one attached hydrogen (secondary N) is 2. The number of nitrogens with two attached hydrogens (primary N) is 1. The number of aromatic nitrogens is 5. The van der Waals surface area contributed by atoms with Crippen LogP contribution in [0.4, 0.5) is 11.9 Å². The van der Waals surface area contributed by atoms with Crippen LogP contribution >= 0.6 is 0 Å². The number of anilines is 2. The minimum Gasteiger partial charge on any atom is -0.368 e. The quantitative estimate of drug-likeness (QED) is 0.736. The van der Waals surface area contributed by atoms with Crippen LogP contribution in [-0.4, -0.2) is 25.0 Å². The molecule has 4 N–H and O–H groups in total. The van der Waals surface area contributed by atoms with Crippen molar-refractivity contribution in [1.82, 2.24) is 25.0 Å². The fraction of sp³-hybridized carbons (Fsp3) is 0.500. The molecule has 0 bridgehead atoms. The van der Waals surface area contributed by atoms with E-state index in [-0.39, 0.29) is 0 Å². The molecule has 0 spiro atoms. The Balaban J connectivity index is 2.03. The predicted molar refractivity (Wildman–Crippen MR) is 65.5 cm³/mol. The number of aryl methyl sites for hydroxylation is 1. The standard InChI is InChI=1S/C10H17N7/c1-6(2)17-5-8(7(3)16-17)4-12-10-13-9(11)14-15-10/h5-6H,4H2,1-3H3,(H4,11,12,13,14,15). The molecule has 2 heterocycles. The Kier molecular flexibility index (Phi) is 2.99. The van der Waals surface area contributed by atoms with E-state index in [1.165, 1.54) is 0 Å². The largest absolute Gasteiger partial charge is 0.368 e. The van der Waals surface area contributed by atoms with Gasteiger partial charge in [-0.05, 0) is 20.8 Å². The van der Waals surface area contributed by atoms with Crippen LogP contribution in [0.3, 0.4) is 0 Å². The van der Waals surface area contributed by atoms with Gasteiger partial charge in [-0.15, -0.1) is 5.10 Å². The van der Waals surface area contributed by atoms with Gasteiger partial charge in [0, 0.05) is 24.3 Å². The molecule has 0 aliphatic carbocycles. The second-order valence-corrected chi connectivity index (χ2v) is 4.21. The Bertz CT molecular complexity index is 496. The molecule has 0 amide bonds. The first-order chi connectivity index (χ1) is 8.06.